The molecule has 1 fully saturated rings. The Morgan fingerprint density at radius 1 is 1.00 bits per heavy atom. The van der Waals surface area contributed by atoms with Crippen molar-refractivity contribution in [3.8, 4) is 11.1 Å². The molecule has 0 atom stereocenters. The Kier molecular flexibility index (Phi) is 4.85. The number of hydrogen-bond acceptors (Lipinski definition) is 3. The fraction of sp³-hybridized carbons (Fsp3) is 0.412. The van der Waals surface area contributed by atoms with Crippen LogP contribution < -0.4 is 0 Å². The predicted octanol–water partition coefficient (Wildman–Crippen LogP) is 3.68. The number of rotatable bonds is 5. The van der Waals surface area contributed by atoms with E-state index >= 15 is 0 Å². The minimum Gasteiger partial charge on any atom is -0.379 e. The van der Waals surface area contributed by atoms with Gasteiger partial charge in [-0.2, -0.15) is 11.3 Å². The summed E-state index contributed by atoms with van der Waals surface area (Å²) in [5.41, 5.74) is 4.09. The van der Waals surface area contributed by atoms with E-state index in [0.717, 1.165) is 26.3 Å². The molecule has 1 saturated heterocycles. The van der Waals surface area contributed by atoms with E-state index in [4.69, 9.17) is 4.74 Å². The largest absolute Gasteiger partial charge is 0.379 e. The Morgan fingerprint density at radius 2 is 1.80 bits per heavy atom. The molecule has 0 N–H and O–H groups in total. The molecular formula is C17H21NOS. The summed E-state index contributed by atoms with van der Waals surface area (Å²) in [7, 11) is 0. The first-order valence-electron chi connectivity index (χ1n) is 7.33. The Morgan fingerprint density at radius 3 is 2.50 bits per heavy atom. The standard InChI is InChI=1S/C17H21NOS/c1(8-18-9-11-19-12-10-18)2-15-3-5-16(6-4-15)17-7-13-20-14-17/h3-7,13-14H,1-2,8-12H2. The average molecular weight is 287 g/mol. The van der Waals surface area contributed by atoms with Gasteiger partial charge in [0.15, 0.2) is 0 Å². The molecule has 0 bridgehead atoms. The molecule has 0 spiro atoms. The lowest BCUT2D eigenvalue weighted by atomic mass is 10.0. The summed E-state index contributed by atoms with van der Waals surface area (Å²) in [5.74, 6) is 0. The minimum atomic E-state index is 0.898. The summed E-state index contributed by atoms with van der Waals surface area (Å²) in [5, 5.41) is 4.33. The number of aryl methyl sites for hydroxylation is 1. The van der Waals surface area contributed by atoms with Gasteiger partial charge in [0.25, 0.3) is 0 Å². The van der Waals surface area contributed by atoms with E-state index in [1.807, 2.05) is 0 Å². The molecule has 1 aromatic heterocycles. The number of nitrogens with zero attached hydrogens (tertiary/aromatic N) is 1. The molecule has 1 aromatic carbocycles. The van der Waals surface area contributed by atoms with Crippen LogP contribution >= 0.6 is 11.3 Å². The Hall–Kier alpha value is -1.16. The quantitative estimate of drug-likeness (QED) is 0.832. The molecule has 0 saturated carbocycles. The van der Waals surface area contributed by atoms with Gasteiger partial charge in [-0.15, -0.1) is 0 Å². The Bertz CT molecular complexity index is 500. The zero-order chi connectivity index (χ0) is 13.6. The second-order valence-corrected chi connectivity index (χ2v) is 6.05. The molecule has 0 radical (unpaired) electrons. The molecule has 2 nitrogen and oxygen atoms in total. The van der Waals surface area contributed by atoms with E-state index in [2.05, 4.69) is 46.0 Å². The fourth-order valence-electron chi connectivity index (χ4n) is 2.62. The SMILES string of the molecule is c1cc(-c2ccc(CCCN3CCOCC3)cc2)cs1. The molecule has 1 aliphatic rings. The highest BCUT2D eigenvalue weighted by Crippen LogP contribution is 2.22. The number of ether oxygens (including phenoxy) is 1. The average Bonchev–Trinajstić information content (AvgIpc) is 3.03. The van der Waals surface area contributed by atoms with Crippen LogP contribution in [0.5, 0.6) is 0 Å². The second-order valence-electron chi connectivity index (χ2n) is 5.27. The fourth-order valence-corrected chi connectivity index (χ4v) is 3.29. The van der Waals surface area contributed by atoms with Crippen LogP contribution in [0.4, 0.5) is 0 Å². The van der Waals surface area contributed by atoms with Crippen molar-refractivity contribution in [1.29, 1.82) is 0 Å². The molecule has 0 amide bonds. The van der Waals surface area contributed by atoms with Crippen molar-refractivity contribution in [2.24, 2.45) is 0 Å². The summed E-state index contributed by atoms with van der Waals surface area (Å²) in [4.78, 5) is 2.50. The van der Waals surface area contributed by atoms with E-state index < -0.39 is 0 Å². The molecule has 106 valence electrons. The van der Waals surface area contributed by atoms with E-state index in [9.17, 15) is 0 Å². The van der Waals surface area contributed by atoms with Crippen LogP contribution in [0.2, 0.25) is 0 Å². The van der Waals surface area contributed by atoms with Gasteiger partial charge in [0, 0.05) is 13.1 Å². The summed E-state index contributed by atoms with van der Waals surface area (Å²) in [6.07, 6.45) is 2.40. The van der Waals surface area contributed by atoms with Crippen LogP contribution in [0, 0.1) is 0 Å². The van der Waals surface area contributed by atoms with Gasteiger partial charge >= 0.3 is 0 Å². The third-order valence-corrected chi connectivity index (χ3v) is 4.54. The van der Waals surface area contributed by atoms with Crippen molar-refractivity contribution in [2.45, 2.75) is 12.8 Å². The maximum atomic E-state index is 5.37. The Labute approximate surface area is 125 Å². The van der Waals surface area contributed by atoms with Gasteiger partial charge in [-0.05, 0) is 52.9 Å². The van der Waals surface area contributed by atoms with Crippen molar-refractivity contribution in [1.82, 2.24) is 4.90 Å². The summed E-state index contributed by atoms with van der Waals surface area (Å²) < 4.78 is 5.37. The predicted molar refractivity (Wildman–Crippen MR) is 85.3 cm³/mol. The maximum absolute atomic E-state index is 5.37. The van der Waals surface area contributed by atoms with Gasteiger partial charge < -0.3 is 4.74 Å². The molecule has 2 aromatic rings. The molecule has 20 heavy (non-hydrogen) atoms. The van der Waals surface area contributed by atoms with E-state index in [1.165, 1.54) is 36.1 Å². The highest BCUT2D eigenvalue weighted by atomic mass is 32.1. The van der Waals surface area contributed by atoms with Gasteiger partial charge in [-0.1, -0.05) is 24.3 Å². The summed E-state index contributed by atoms with van der Waals surface area (Å²) in [6, 6.07) is 11.2. The lowest BCUT2D eigenvalue weighted by molar-refractivity contribution is 0.0375. The molecule has 0 unspecified atom stereocenters. The van der Waals surface area contributed by atoms with Gasteiger partial charge in [-0.3, -0.25) is 4.90 Å². The summed E-state index contributed by atoms with van der Waals surface area (Å²) >= 11 is 1.75. The lowest BCUT2D eigenvalue weighted by Crippen LogP contribution is -2.36. The molecule has 3 rings (SSSR count). The lowest BCUT2D eigenvalue weighted by Gasteiger charge is -2.26. The number of hydrogen-bond donors (Lipinski definition) is 0. The molecular weight excluding hydrogens is 266 g/mol. The number of thiophene rings is 1. The molecule has 2 heterocycles. The van der Waals surface area contributed by atoms with Crippen LogP contribution in [0.1, 0.15) is 12.0 Å². The first-order valence-corrected chi connectivity index (χ1v) is 8.28. The maximum Gasteiger partial charge on any atom is 0.0594 e. The third kappa shape index (κ3) is 3.69. The topological polar surface area (TPSA) is 12.5 Å². The van der Waals surface area contributed by atoms with Gasteiger partial charge in [-0.25, -0.2) is 0 Å². The van der Waals surface area contributed by atoms with Crippen LogP contribution in [-0.4, -0.2) is 37.7 Å². The third-order valence-electron chi connectivity index (χ3n) is 3.85. The van der Waals surface area contributed by atoms with Gasteiger partial charge in [0.2, 0.25) is 0 Å². The van der Waals surface area contributed by atoms with Crippen LogP contribution in [0.3, 0.4) is 0 Å². The number of morpholine rings is 1. The van der Waals surface area contributed by atoms with Gasteiger partial charge in [0.05, 0.1) is 13.2 Å². The van der Waals surface area contributed by atoms with Crippen LogP contribution in [0.25, 0.3) is 11.1 Å². The number of benzene rings is 1. The van der Waals surface area contributed by atoms with Crippen molar-refractivity contribution in [3.05, 3.63) is 46.7 Å². The van der Waals surface area contributed by atoms with E-state index in [1.54, 1.807) is 11.3 Å². The summed E-state index contributed by atoms with van der Waals surface area (Å²) in [6.45, 7) is 5.18. The van der Waals surface area contributed by atoms with Crippen molar-refractivity contribution >= 4 is 11.3 Å². The van der Waals surface area contributed by atoms with Crippen molar-refractivity contribution in [2.75, 3.05) is 32.8 Å². The van der Waals surface area contributed by atoms with E-state index in [0.29, 0.717) is 0 Å². The van der Waals surface area contributed by atoms with Crippen molar-refractivity contribution < 1.29 is 4.74 Å². The molecule has 3 heteroatoms. The zero-order valence-corrected chi connectivity index (χ0v) is 12.6. The minimum absolute atomic E-state index is 0.898. The monoisotopic (exact) mass is 287 g/mol. The van der Waals surface area contributed by atoms with E-state index in [-0.39, 0.29) is 0 Å². The highest BCUT2D eigenvalue weighted by Gasteiger charge is 2.09. The molecule has 0 aliphatic carbocycles. The normalized spacial score (nSPS) is 16.4. The first-order chi connectivity index (χ1) is 9.92. The first kappa shape index (κ1) is 13.8. The van der Waals surface area contributed by atoms with Crippen LogP contribution in [-0.2, 0) is 11.2 Å². The zero-order valence-electron chi connectivity index (χ0n) is 11.8. The highest BCUT2D eigenvalue weighted by molar-refractivity contribution is 7.08. The van der Waals surface area contributed by atoms with Crippen molar-refractivity contribution in [3.63, 3.8) is 0 Å². The smallest absolute Gasteiger partial charge is 0.0594 e. The molecule has 1 aliphatic heterocycles. The van der Waals surface area contributed by atoms with Gasteiger partial charge in [0.1, 0.15) is 0 Å². The van der Waals surface area contributed by atoms with Crippen LogP contribution in [0.15, 0.2) is 41.1 Å². The second kappa shape index (κ2) is 7.02. The Balaban J connectivity index is 1.48.